The Balaban J connectivity index is 1.68. The van der Waals surface area contributed by atoms with E-state index in [2.05, 4.69) is 36.2 Å². The lowest BCUT2D eigenvalue weighted by Gasteiger charge is -2.29. The number of carbonyl (C=O) groups is 1. The number of nitrogens with one attached hydrogen (secondary N) is 1. The number of carbonyl (C=O) groups excluding carboxylic acids is 1. The summed E-state index contributed by atoms with van der Waals surface area (Å²) in [4.78, 5) is 14.6. The van der Waals surface area contributed by atoms with Gasteiger partial charge in [0.15, 0.2) is 0 Å². The van der Waals surface area contributed by atoms with Gasteiger partial charge in [-0.3, -0.25) is 4.79 Å². The monoisotopic (exact) mass is 332 g/mol. The Hall–Kier alpha value is -1.39. The fraction of sp³-hybridized carbons (Fsp3) is 0.650. The molecule has 0 spiro atoms. The maximum Gasteiger partial charge on any atom is 0.220 e. The van der Waals surface area contributed by atoms with Crippen LogP contribution in [-0.4, -0.2) is 48.2 Å². The second-order valence-electron chi connectivity index (χ2n) is 7.24. The molecule has 0 aromatic heterocycles. The van der Waals surface area contributed by atoms with Crippen molar-refractivity contribution in [1.29, 1.82) is 0 Å². The smallest absolute Gasteiger partial charge is 0.220 e. The highest BCUT2D eigenvalue weighted by atomic mass is 16.3. The summed E-state index contributed by atoms with van der Waals surface area (Å²) in [6.07, 6.45) is 3.16. The lowest BCUT2D eigenvalue weighted by Crippen LogP contribution is -2.37. The van der Waals surface area contributed by atoms with Gasteiger partial charge in [-0.1, -0.05) is 44.2 Å². The summed E-state index contributed by atoms with van der Waals surface area (Å²) in [7, 11) is 0. The molecule has 1 aliphatic heterocycles. The van der Waals surface area contributed by atoms with Crippen molar-refractivity contribution in [3.8, 4) is 0 Å². The van der Waals surface area contributed by atoms with Crippen molar-refractivity contribution in [2.45, 2.75) is 51.6 Å². The number of hydrogen-bond donors (Lipinski definition) is 2. The molecule has 1 unspecified atom stereocenters. The number of nitrogens with zero attached hydrogens (tertiary/aromatic N) is 1. The number of rotatable bonds is 8. The predicted octanol–water partition coefficient (Wildman–Crippen LogP) is 2.78. The van der Waals surface area contributed by atoms with E-state index < -0.39 is 0 Å². The average molecular weight is 332 g/mol. The first-order chi connectivity index (χ1) is 11.6. The van der Waals surface area contributed by atoms with Gasteiger partial charge in [0.25, 0.3) is 0 Å². The summed E-state index contributed by atoms with van der Waals surface area (Å²) in [5.41, 5.74) is 1.24. The molecule has 24 heavy (non-hydrogen) atoms. The summed E-state index contributed by atoms with van der Waals surface area (Å²) in [6.45, 7) is 8.03. The van der Waals surface area contributed by atoms with Gasteiger partial charge in [0.05, 0.1) is 6.10 Å². The first kappa shape index (κ1) is 18.9. The minimum absolute atomic E-state index is 0.119. The number of amides is 1. The van der Waals surface area contributed by atoms with Crippen LogP contribution in [0.3, 0.4) is 0 Å². The lowest BCUT2D eigenvalue weighted by atomic mass is 9.85. The van der Waals surface area contributed by atoms with Crippen LogP contribution in [-0.2, 0) is 4.79 Å². The molecule has 1 aromatic carbocycles. The summed E-state index contributed by atoms with van der Waals surface area (Å²) in [5, 5.41) is 12.6. The van der Waals surface area contributed by atoms with E-state index in [1.54, 1.807) is 0 Å². The Bertz CT molecular complexity index is 482. The van der Waals surface area contributed by atoms with Crippen LogP contribution in [0.25, 0.3) is 0 Å². The van der Waals surface area contributed by atoms with Crippen molar-refractivity contribution < 1.29 is 9.90 Å². The molecule has 1 saturated heterocycles. The van der Waals surface area contributed by atoms with Gasteiger partial charge in [-0.2, -0.15) is 0 Å². The number of aliphatic hydroxyl groups is 1. The highest BCUT2D eigenvalue weighted by molar-refractivity contribution is 5.76. The van der Waals surface area contributed by atoms with E-state index in [4.69, 9.17) is 0 Å². The number of likely N-dealkylation sites (tertiary alicyclic amines) is 1. The van der Waals surface area contributed by atoms with Crippen LogP contribution in [0.5, 0.6) is 0 Å². The largest absolute Gasteiger partial charge is 0.393 e. The first-order valence-corrected chi connectivity index (χ1v) is 9.28. The molecule has 0 radical (unpaired) electrons. The van der Waals surface area contributed by atoms with Crippen molar-refractivity contribution >= 4 is 5.91 Å². The highest BCUT2D eigenvalue weighted by Gasteiger charge is 2.19. The van der Waals surface area contributed by atoms with Gasteiger partial charge in [0.1, 0.15) is 0 Å². The summed E-state index contributed by atoms with van der Waals surface area (Å²) < 4.78 is 0. The number of hydrogen-bond acceptors (Lipinski definition) is 3. The van der Waals surface area contributed by atoms with Crippen LogP contribution >= 0.6 is 0 Å². The lowest BCUT2D eigenvalue weighted by molar-refractivity contribution is -0.121. The van der Waals surface area contributed by atoms with Gasteiger partial charge < -0.3 is 15.3 Å². The standard InChI is InChI=1S/C20H32N2O2/c1-16(2)19(17-7-4-3-5-8-17)15-20(24)21-11-6-12-22-13-9-18(23)10-14-22/h3-5,7-8,16,18-19,23H,6,9-15H2,1-2H3,(H,21,24). The molecule has 1 heterocycles. The Morgan fingerprint density at radius 3 is 2.54 bits per heavy atom. The minimum atomic E-state index is -0.119. The summed E-state index contributed by atoms with van der Waals surface area (Å²) >= 11 is 0. The Labute approximate surface area is 146 Å². The van der Waals surface area contributed by atoms with E-state index in [9.17, 15) is 9.90 Å². The van der Waals surface area contributed by atoms with Gasteiger partial charge in [-0.25, -0.2) is 0 Å². The van der Waals surface area contributed by atoms with Crippen LogP contribution in [0.15, 0.2) is 30.3 Å². The second-order valence-corrected chi connectivity index (χ2v) is 7.24. The zero-order valence-corrected chi connectivity index (χ0v) is 15.1. The molecular formula is C20H32N2O2. The van der Waals surface area contributed by atoms with E-state index in [1.165, 1.54) is 5.56 Å². The fourth-order valence-electron chi connectivity index (χ4n) is 3.38. The third-order valence-electron chi connectivity index (χ3n) is 4.97. The maximum absolute atomic E-state index is 12.3. The maximum atomic E-state index is 12.3. The number of piperidine rings is 1. The highest BCUT2D eigenvalue weighted by Crippen LogP contribution is 2.27. The van der Waals surface area contributed by atoms with Gasteiger partial charge in [0.2, 0.25) is 5.91 Å². The quantitative estimate of drug-likeness (QED) is 0.720. The molecule has 4 heteroatoms. The molecule has 0 bridgehead atoms. The molecule has 134 valence electrons. The molecule has 2 rings (SSSR count). The predicted molar refractivity (Wildman–Crippen MR) is 97.9 cm³/mol. The third kappa shape index (κ3) is 6.25. The molecule has 2 N–H and O–H groups in total. The molecule has 0 aliphatic carbocycles. The average Bonchev–Trinajstić information content (AvgIpc) is 2.58. The van der Waals surface area contributed by atoms with Crippen molar-refractivity contribution in [3.05, 3.63) is 35.9 Å². The zero-order chi connectivity index (χ0) is 17.4. The fourth-order valence-corrected chi connectivity index (χ4v) is 3.38. The van der Waals surface area contributed by atoms with Crippen LogP contribution in [0.1, 0.15) is 51.0 Å². The number of benzene rings is 1. The van der Waals surface area contributed by atoms with Crippen LogP contribution in [0.4, 0.5) is 0 Å². The molecule has 1 atom stereocenters. The molecule has 1 fully saturated rings. The van der Waals surface area contributed by atoms with E-state index >= 15 is 0 Å². The van der Waals surface area contributed by atoms with Crippen LogP contribution in [0.2, 0.25) is 0 Å². The Morgan fingerprint density at radius 1 is 1.25 bits per heavy atom. The third-order valence-corrected chi connectivity index (χ3v) is 4.97. The van der Waals surface area contributed by atoms with E-state index in [-0.39, 0.29) is 17.9 Å². The van der Waals surface area contributed by atoms with Crippen LogP contribution < -0.4 is 5.32 Å². The summed E-state index contributed by atoms with van der Waals surface area (Å²) in [5.74, 6) is 0.860. The van der Waals surface area contributed by atoms with Crippen LogP contribution in [0, 0.1) is 5.92 Å². The van der Waals surface area contributed by atoms with Gasteiger partial charge >= 0.3 is 0 Å². The van der Waals surface area contributed by atoms with Crippen molar-refractivity contribution in [1.82, 2.24) is 10.2 Å². The number of aliphatic hydroxyl groups excluding tert-OH is 1. The van der Waals surface area contributed by atoms with E-state index in [0.29, 0.717) is 12.3 Å². The van der Waals surface area contributed by atoms with E-state index in [1.807, 2.05) is 18.2 Å². The normalized spacial score (nSPS) is 17.8. The molecular weight excluding hydrogens is 300 g/mol. The van der Waals surface area contributed by atoms with Gasteiger partial charge in [0, 0.05) is 26.1 Å². The first-order valence-electron chi connectivity index (χ1n) is 9.28. The molecule has 1 aliphatic rings. The van der Waals surface area contributed by atoms with Crippen molar-refractivity contribution in [3.63, 3.8) is 0 Å². The Morgan fingerprint density at radius 2 is 1.92 bits per heavy atom. The topological polar surface area (TPSA) is 52.6 Å². The summed E-state index contributed by atoms with van der Waals surface area (Å²) in [6, 6.07) is 10.3. The molecule has 0 saturated carbocycles. The Kier molecular flexibility index (Phi) is 7.73. The second kappa shape index (κ2) is 9.80. The minimum Gasteiger partial charge on any atom is -0.393 e. The van der Waals surface area contributed by atoms with Crippen molar-refractivity contribution in [2.75, 3.05) is 26.2 Å². The van der Waals surface area contributed by atoms with Gasteiger partial charge in [-0.15, -0.1) is 0 Å². The van der Waals surface area contributed by atoms with Gasteiger partial charge in [-0.05, 0) is 43.2 Å². The molecule has 4 nitrogen and oxygen atoms in total. The van der Waals surface area contributed by atoms with E-state index in [0.717, 1.165) is 45.4 Å². The SMILES string of the molecule is CC(C)C(CC(=O)NCCCN1CCC(O)CC1)c1ccccc1. The van der Waals surface area contributed by atoms with Crippen molar-refractivity contribution in [2.24, 2.45) is 5.92 Å². The molecule has 1 amide bonds. The zero-order valence-electron chi connectivity index (χ0n) is 15.1. The molecule has 1 aromatic rings.